The fourth-order valence-corrected chi connectivity index (χ4v) is 5.10. The molecular weight excluding hydrogens is 284 g/mol. The molecule has 2 unspecified atom stereocenters. The van der Waals surface area contributed by atoms with Crippen LogP contribution in [-0.4, -0.2) is 37.2 Å². The number of anilines is 2. The van der Waals surface area contributed by atoms with Gasteiger partial charge in [-0.1, -0.05) is 20.8 Å². The molecule has 4 atom stereocenters. The van der Waals surface area contributed by atoms with Gasteiger partial charge in [-0.25, -0.2) is 4.98 Å². The van der Waals surface area contributed by atoms with Crippen molar-refractivity contribution in [3.05, 3.63) is 18.3 Å². The Kier molecular flexibility index (Phi) is 3.56. The van der Waals surface area contributed by atoms with E-state index in [2.05, 4.69) is 53.4 Å². The van der Waals surface area contributed by atoms with Gasteiger partial charge in [0.15, 0.2) is 0 Å². The molecule has 1 aromatic rings. The average molecular weight is 314 g/mol. The van der Waals surface area contributed by atoms with E-state index in [4.69, 9.17) is 0 Å². The minimum absolute atomic E-state index is 0.548. The number of fused-ring (bicyclic) bond motifs is 2. The van der Waals surface area contributed by atoms with Crippen molar-refractivity contribution in [1.82, 2.24) is 10.3 Å². The van der Waals surface area contributed by atoms with Crippen LogP contribution in [0.5, 0.6) is 0 Å². The van der Waals surface area contributed by atoms with E-state index in [0.29, 0.717) is 17.5 Å². The smallest absolute Gasteiger partial charge is 0.128 e. The van der Waals surface area contributed by atoms with Crippen molar-refractivity contribution >= 4 is 11.5 Å². The van der Waals surface area contributed by atoms with Gasteiger partial charge < -0.3 is 15.5 Å². The van der Waals surface area contributed by atoms with E-state index in [9.17, 15) is 0 Å². The first-order chi connectivity index (χ1) is 11.0. The summed E-state index contributed by atoms with van der Waals surface area (Å²) in [4.78, 5) is 6.99. The summed E-state index contributed by atoms with van der Waals surface area (Å²) in [5.74, 6) is 3.54. The monoisotopic (exact) mass is 314 g/mol. The molecule has 4 heteroatoms. The van der Waals surface area contributed by atoms with Gasteiger partial charge in [0.2, 0.25) is 0 Å². The van der Waals surface area contributed by atoms with Crippen molar-refractivity contribution in [3.63, 3.8) is 0 Å². The second-order valence-electron chi connectivity index (χ2n) is 8.50. The molecule has 23 heavy (non-hydrogen) atoms. The van der Waals surface area contributed by atoms with Gasteiger partial charge in [-0.05, 0) is 49.1 Å². The molecule has 0 spiro atoms. The number of hydrogen-bond acceptors (Lipinski definition) is 4. The Morgan fingerprint density at radius 2 is 2.04 bits per heavy atom. The minimum atomic E-state index is 0.548. The lowest BCUT2D eigenvalue weighted by molar-refractivity contribution is -0.105. The van der Waals surface area contributed by atoms with Crippen LogP contribution in [0.2, 0.25) is 0 Å². The van der Waals surface area contributed by atoms with E-state index in [-0.39, 0.29) is 0 Å². The summed E-state index contributed by atoms with van der Waals surface area (Å²) in [5.41, 5.74) is 1.84. The molecule has 0 amide bonds. The van der Waals surface area contributed by atoms with Crippen LogP contribution in [0.4, 0.5) is 11.5 Å². The maximum Gasteiger partial charge on any atom is 0.128 e. The molecule has 3 aliphatic carbocycles. The molecule has 5 rings (SSSR count). The molecule has 2 N–H and O–H groups in total. The largest absolute Gasteiger partial charge is 0.368 e. The average Bonchev–Trinajstić information content (AvgIpc) is 2.48. The first-order valence-electron chi connectivity index (χ1n) is 9.14. The van der Waals surface area contributed by atoms with Gasteiger partial charge in [0.25, 0.3) is 0 Å². The predicted molar refractivity (Wildman–Crippen MR) is 95.9 cm³/mol. The fourth-order valence-electron chi connectivity index (χ4n) is 5.10. The van der Waals surface area contributed by atoms with Crippen molar-refractivity contribution in [3.8, 4) is 0 Å². The molecule has 4 fully saturated rings. The van der Waals surface area contributed by atoms with Crippen molar-refractivity contribution < 1.29 is 0 Å². The van der Waals surface area contributed by atoms with Crippen LogP contribution in [0, 0.1) is 23.2 Å². The van der Waals surface area contributed by atoms with Gasteiger partial charge >= 0.3 is 0 Å². The molecule has 4 aliphatic rings. The Morgan fingerprint density at radius 1 is 1.26 bits per heavy atom. The van der Waals surface area contributed by atoms with Gasteiger partial charge in [-0.15, -0.1) is 0 Å². The summed E-state index contributed by atoms with van der Waals surface area (Å²) in [6.07, 6.45) is 4.67. The van der Waals surface area contributed by atoms with E-state index in [1.807, 2.05) is 13.2 Å². The molecule has 126 valence electrons. The second kappa shape index (κ2) is 5.37. The molecule has 0 aromatic carbocycles. The van der Waals surface area contributed by atoms with Crippen LogP contribution >= 0.6 is 0 Å². The summed E-state index contributed by atoms with van der Waals surface area (Å²) < 4.78 is 0. The SMILES string of the molecule is CNC1CN(c2ccnc(NC3C[C@@H]4C[C@H](C3C)C4(C)C)c2)C1. The second-order valence-corrected chi connectivity index (χ2v) is 8.50. The van der Waals surface area contributed by atoms with Crippen molar-refractivity contribution in [2.75, 3.05) is 30.4 Å². The van der Waals surface area contributed by atoms with E-state index in [1.165, 1.54) is 18.5 Å². The normalized spacial score (nSPS) is 35.4. The Labute approximate surface area is 140 Å². The van der Waals surface area contributed by atoms with Crippen LogP contribution in [-0.2, 0) is 0 Å². The maximum absolute atomic E-state index is 4.57. The Morgan fingerprint density at radius 3 is 2.70 bits per heavy atom. The lowest BCUT2D eigenvalue weighted by Gasteiger charge is -2.62. The number of likely N-dealkylation sites (N-methyl/N-ethyl adjacent to an activating group) is 1. The van der Waals surface area contributed by atoms with E-state index < -0.39 is 0 Å². The number of nitrogens with zero attached hydrogens (tertiary/aromatic N) is 2. The van der Waals surface area contributed by atoms with Crippen LogP contribution in [0.15, 0.2) is 18.3 Å². The molecule has 2 bridgehead atoms. The minimum Gasteiger partial charge on any atom is -0.368 e. The quantitative estimate of drug-likeness (QED) is 0.896. The fraction of sp³-hybridized carbons (Fsp3) is 0.737. The number of rotatable bonds is 4. The lowest BCUT2D eigenvalue weighted by atomic mass is 9.45. The van der Waals surface area contributed by atoms with E-state index in [1.54, 1.807) is 0 Å². The highest BCUT2D eigenvalue weighted by Gasteiger charge is 2.56. The third kappa shape index (κ3) is 2.42. The lowest BCUT2D eigenvalue weighted by Crippen LogP contribution is -2.58. The highest BCUT2D eigenvalue weighted by molar-refractivity contribution is 5.56. The zero-order valence-electron chi connectivity index (χ0n) is 14.8. The predicted octanol–water partition coefficient (Wildman–Crippen LogP) is 2.97. The summed E-state index contributed by atoms with van der Waals surface area (Å²) in [6.45, 7) is 9.53. The van der Waals surface area contributed by atoms with Crippen molar-refractivity contribution in [1.29, 1.82) is 0 Å². The molecule has 1 saturated heterocycles. The Hall–Kier alpha value is -1.29. The molecule has 1 aromatic heterocycles. The molecule has 3 saturated carbocycles. The van der Waals surface area contributed by atoms with Crippen molar-refractivity contribution in [2.45, 2.75) is 45.7 Å². The zero-order valence-corrected chi connectivity index (χ0v) is 14.8. The van der Waals surface area contributed by atoms with E-state index >= 15 is 0 Å². The summed E-state index contributed by atoms with van der Waals surface area (Å²) in [5, 5.41) is 7.08. The standard InChI is InChI=1S/C19H30N4/c1-12-16-7-13(19(16,2)3)8-17(12)22-18-9-15(5-6-21-18)23-10-14(11-23)20-4/h5-6,9,12-14,16-17,20H,7-8,10-11H2,1-4H3,(H,21,22)/t12?,13-,16+,17?/m0/s1. The van der Waals surface area contributed by atoms with Crippen molar-refractivity contribution in [2.24, 2.45) is 23.2 Å². The van der Waals surface area contributed by atoms with Gasteiger partial charge in [0.05, 0.1) is 0 Å². The molecule has 1 aliphatic heterocycles. The van der Waals surface area contributed by atoms with Gasteiger partial charge in [0.1, 0.15) is 5.82 Å². The number of hydrogen-bond donors (Lipinski definition) is 2. The molecule has 4 nitrogen and oxygen atoms in total. The number of aromatic nitrogens is 1. The van der Waals surface area contributed by atoms with Crippen LogP contribution in [0.1, 0.15) is 33.6 Å². The third-order valence-corrected chi connectivity index (χ3v) is 7.09. The Bertz CT molecular complexity index is 578. The van der Waals surface area contributed by atoms with Crippen LogP contribution in [0.25, 0.3) is 0 Å². The highest BCUT2D eigenvalue weighted by atomic mass is 15.2. The topological polar surface area (TPSA) is 40.2 Å². The number of pyridine rings is 1. The zero-order chi connectivity index (χ0) is 16.2. The van der Waals surface area contributed by atoms with Gasteiger partial charge in [-0.3, -0.25) is 0 Å². The third-order valence-electron chi connectivity index (χ3n) is 7.09. The van der Waals surface area contributed by atoms with Gasteiger partial charge in [0, 0.05) is 43.1 Å². The first kappa shape index (κ1) is 15.3. The van der Waals surface area contributed by atoms with Gasteiger partial charge in [-0.2, -0.15) is 0 Å². The van der Waals surface area contributed by atoms with Crippen LogP contribution < -0.4 is 15.5 Å². The number of nitrogens with one attached hydrogen (secondary N) is 2. The Balaban J connectivity index is 1.42. The summed E-state index contributed by atoms with van der Waals surface area (Å²) in [6, 6.07) is 5.56. The first-order valence-corrected chi connectivity index (χ1v) is 9.14. The molecule has 0 radical (unpaired) electrons. The molecule has 2 heterocycles. The maximum atomic E-state index is 4.57. The summed E-state index contributed by atoms with van der Waals surface area (Å²) in [7, 11) is 2.04. The molecular formula is C19H30N4. The van der Waals surface area contributed by atoms with E-state index in [0.717, 1.165) is 36.7 Å². The van der Waals surface area contributed by atoms with Crippen LogP contribution in [0.3, 0.4) is 0 Å². The highest BCUT2D eigenvalue weighted by Crippen LogP contribution is 2.61. The summed E-state index contributed by atoms with van der Waals surface area (Å²) >= 11 is 0.